The minimum Gasteiger partial charge on any atom is -0.395 e. The van der Waals surface area contributed by atoms with Crippen LogP contribution in [0.1, 0.15) is 5.69 Å². The number of aryl methyl sites for hydroxylation is 1. The van der Waals surface area contributed by atoms with Crippen LogP contribution in [0.5, 0.6) is 0 Å². The summed E-state index contributed by atoms with van der Waals surface area (Å²) in [5.74, 6) is 0. The van der Waals surface area contributed by atoms with Crippen LogP contribution in [0.25, 0.3) is 27.2 Å². The Bertz CT molecular complexity index is 1050. The molecule has 0 spiro atoms. The van der Waals surface area contributed by atoms with Crippen molar-refractivity contribution in [1.82, 2.24) is 9.61 Å². The Morgan fingerprint density at radius 1 is 1.18 bits per heavy atom. The third kappa shape index (κ3) is 1.63. The number of nitrogens with one attached hydrogen (secondary N) is 1. The number of para-hydroxylation sites is 1. The summed E-state index contributed by atoms with van der Waals surface area (Å²) in [6.45, 7) is 2.36. The van der Waals surface area contributed by atoms with E-state index in [-0.39, 0.29) is 12.0 Å². The van der Waals surface area contributed by atoms with E-state index >= 15 is 0 Å². The zero-order chi connectivity index (χ0) is 15.3. The van der Waals surface area contributed by atoms with Crippen molar-refractivity contribution in [2.75, 3.05) is 18.5 Å². The lowest BCUT2D eigenvalue weighted by Crippen LogP contribution is -2.12. The fourth-order valence-electron chi connectivity index (χ4n) is 3.08. The topological polar surface area (TPSA) is 66.6 Å². The lowest BCUT2D eigenvalue weighted by Gasteiger charge is -2.10. The average molecular weight is 293 g/mol. The second-order valence-corrected chi connectivity index (χ2v) is 5.38. The third-order valence-electron chi connectivity index (χ3n) is 4.06. The van der Waals surface area contributed by atoms with Crippen molar-refractivity contribution >= 4 is 32.9 Å². The molecule has 2 heterocycles. The highest BCUT2D eigenvalue weighted by atomic mass is 16.3. The molecular weight excluding hydrogens is 278 g/mol. The molecular formula is C17H15N3O2. The van der Waals surface area contributed by atoms with E-state index in [2.05, 4.69) is 10.4 Å². The zero-order valence-corrected chi connectivity index (χ0v) is 12.1. The standard InChI is InChI=1S/C17H15N3O2/c1-10-11-6-7-13(18-8-9-21)15-16(11)20(19-10)14-5-3-2-4-12(14)17(15)22/h2-7,18,21H,8-9H2,1H3. The maximum Gasteiger partial charge on any atom is 0.199 e. The predicted molar refractivity (Wildman–Crippen MR) is 88.0 cm³/mol. The van der Waals surface area contributed by atoms with Crippen LogP contribution in [0.2, 0.25) is 0 Å². The van der Waals surface area contributed by atoms with Crippen molar-refractivity contribution in [2.24, 2.45) is 0 Å². The van der Waals surface area contributed by atoms with Crippen molar-refractivity contribution in [3.63, 3.8) is 0 Å². The van der Waals surface area contributed by atoms with Gasteiger partial charge in [-0.15, -0.1) is 0 Å². The van der Waals surface area contributed by atoms with E-state index < -0.39 is 0 Å². The summed E-state index contributed by atoms with van der Waals surface area (Å²) >= 11 is 0. The molecule has 2 N–H and O–H groups in total. The van der Waals surface area contributed by atoms with E-state index in [1.165, 1.54) is 0 Å². The fourth-order valence-corrected chi connectivity index (χ4v) is 3.08. The monoisotopic (exact) mass is 293 g/mol. The van der Waals surface area contributed by atoms with Crippen LogP contribution in [0.4, 0.5) is 5.69 Å². The molecule has 22 heavy (non-hydrogen) atoms. The van der Waals surface area contributed by atoms with Crippen LogP contribution in [0, 0.1) is 6.92 Å². The Hall–Kier alpha value is -2.66. The smallest absolute Gasteiger partial charge is 0.199 e. The van der Waals surface area contributed by atoms with E-state index in [0.717, 1.165) is 27.8 Å². The highest BCUT2D eigenvalue weighted by Crippen LogP contribution is 2.30. The van der Waals surface area contributed by atoms with Crippen molar-refractivity contribution in [1.29, 1.82) is 0 Å². The van der Waals surface area contributed by atoms with Gasteiger partial charge in [0.15, 0.2) is 5.43 Å². The Balaban J connectivity index is 2.26. The van der Waals surface area contributed by atoms with E-state index in [1.807, 2.05) is 47.8 Å². The molecule has 0 fully saturated rings. The summed E-state index contributed by atoms with van der Waals surface area (Å²) in [5, 5.41) is 19.0. The molecule has 0 unspecified atom stereocenters. The molecule has 110 valence electrons. The van der Waals surface area contributed by atoms with E-state index in [1.54, 1.807) is 0 Å². The van der Waals surface area contributed by atoms with Gasteiger partial charge >= 0.3 is 0 Å². The highest BCUT2D eigenvalue weighted by Gasteiger charge is 2.17. The molecule has 0 saturated carbocycles. The largest absolute Gasteiger partial charge is 0.395 e. The molecule has 2 aromatic carbocycles. The normalized spacial score (nSPS) is 11.7. The van der Waals surface area contributed by atoms with Gasteiger partial charge in [0.2, 0.25) is 0 Å². The molecule has 4 rings (SSSR count). The first kappa shape index (κ1) is 13.0. The molecule has 0 aliphatic carbocycles. The van der Waals surface area contributed by atoms with Crippen LogP contribution in [0.3, 0.4) is 0 Å². The predicted octanol–water partition coefficient (Wildman–Crippen LogP) is 2.15. The minimum absolute atomic E-state index is 0.00552. The number of aromatic nitrogens is 2. The maximum atomic E-state index is 12.9. The summed E-state index contributed by atoms with van der Waals surface area (Å²) in [6, 6.07) is 11.4. The zero-order valence-electron chi connectivity index (χ0n) is 12.1. The van der Waals surface area contributed by atoms with E-state index in [4.69, 9.17) is 5.11 Å². The number of rotatable bonds is 3. The molecule has 0 bridgehead atoms. The number of hydrogen-bond donors (Lipinski definition) is 2. The van der Waals surface area contributed by atoms with Gasteiger partial charge in [-0.2, -0.15) is 5.10 Å². The number of anilines is 1. The number of aliphatic hydroxyl groups is 1. The molecule has 5 heteroatoms. The fraction of sp³-hybridized carbons (Fsp3) is 0.176. The van der Waals surface area contributed by atoms with Gasteiger partial charge in [0.1, 0.15) is 0 Å². The minimum atomic E-state index is -0.00552. The molecule has 0 aliphatic rings. The van der Waals surface area contributed by atoms with E-state index in [9.17, 15) is 4.79 Å². The van der Waals surface area contributed by atoms with Gasteiger partial charge in [-0.05, 0) is 31.2 Å². The number of fused-ring (bicyclic) bond motifs is 2. The molecule has 0 radical (unpaired) electrons. The average Bonchev–Trinajstić information content (AvgIpc) is 2.88. The summed E-state index contributed by atoms with van der Waals surface area (Å²) in [7, 11) is 0. The number of benzene rings is 2. The molecule has 4 aromatic rings. The van der Waals surface area contributed by atoms with Crippen molar-refractivity contribution < 1.29 is 5.11 Å². The molecule has 5 nitrogen and oxygen atoms in total. The van der Waals surface area contributed by atoms with Crippen molar-refractivity contribution in [3.05, 3.63) is 52.3 Å². The Morgan fingerprint density at radius 3 is 2.82 bits per heavy atom. The van der Waals surface area contributed by atoms with Crippen molar-refractivity contribution in [2.45, 2.75) is 6.92 Å². The lowest BCUT2D eigenvalue weighted by atomic mass is 10.1. The van der Waals surface area contributed by atoms with Crippen LogP contribution >= 0.6 is 0 Å². The number of hydrogen-bond acceptors (Lipinski definition) is 4. The van der Waals surface area contributed by atoms with Gasteiger partial charge in [0.25, 0.3) is 0 Å². The molecule has 2 aromatic heterocycles. The van der Waals surface area contributed by atoms with Crippen LogP contribution in [0.15, 0.2) is 41.2 Å². The van der Waals surface area contributed by atoms with Crippen LogP contribution in [-0.4, -0.2) is 27.9 Å². The quantitative estimate of drug-likeness (QED) is 0.568. The Kier molecular flexibility index (Phi) is 2.77. The first-order valence-corrected chi connectivity index (χ1v) is 7.23. The summed E-state index contributed by atoms with van der Waals surface area (Å²) < 4.78 is 1.85. The first-order chi connectivity index (χ1) is 10.7. The van der Waals surface area contributed by atoms with Gasteiger partial charge in [-0.3, -0.25) is 4.79 Å². The second kappa shape index (κ2) is 4.68. The van der Waals surface area contributed by atoms with Gasteiger partial charge in [-0.25, -0.2) is 4.52 Å². The lowest BCUT2D eigenvalue weighted by molar-refractivity contribution is 0.311. The number of pyridine rings is 1. The van der Waals surface area contributed by atoms with Crippen LogP contribution < -0.4 is 10.7 Å². The molecule has 0 saturated heterocycles. The Labute approximate surface area is 126 Å². The van der Waals surface area contributed by atoms with Crippen molar-refractivity contribution in [3.8, 4) is 0 Å². The van der Waals surface area contributed by atoms with Crippen LogP contribution in [-0.2, 0) is 0 Å². The van der Waals surface area contributed by atoms with Gasteiger partial charge < -0.3 is 10.4 Å². The SMILES string of the molecule is Cc1nn2c3ccccc3c(=O)c3c(NCCO)ccc1c32. The van der Waals surface area contributed by atoms with Gasteiger partial charge in [0.05, 0.1) is 28.7 Å². The van der Waals surface area contributed by atoms with Gasteiger partial charge in [0, 0.05) is 23.0 Å². The molecule has 0 aliphatic heterocycles. The first-order valence-electron chi connectivity index (χ1n) is 7.23. The third-order valence-corrected chi connectivity index (χ3v) is 4.06. The molecule has 0 atom stereocenters. The van der Waals surface area contributed by atoms with Gasteiger partial charge in [-0.1, -0.05) is 12.1 Å². The second-order valence-electron chi connectivity index (χ2n) is 5.38. The molecule has 0 amide bonds. The summed E-state index contributed by atoms with van der Waals surface area (Å²) in [4.78, 5) is 12.9. The summed E-state index contributed by atoms with van der Waals surface area (Å²) in [5.41, 5.74) is 3.28. The van der Waals surface area contributed by atoms with E-state index in [0.29, 0.717) is 17.3 Å². The summed E-state index contributed by atoms with van der Waals surface area (Å²) in [6.07, 6.45) is 0. The Morgan fingerprint density at radius 2 is 2.00 bits per heavy atom. The number of aliphatic hydroxyl groups excluding tert-OH is 1. The maximum absolute atomic E-state index is 12.9. The highest BCUT2D eigenvalue weighted by molar-refractivity contribution is 6.08. The number of nitrogens with zero attached hydrogens (tertiary/aromatic N) is 2.